The standard InChI is InChI=1S/C15H21F3N2O/c1-4-20(5-2)14(21)10-19-11(3)12-7-6-8-13(9-12)15(16,17)18/h6-9,11,19H,4-5,10H2,1-3H3. The van der Waals surface area contributed by atoms with Crippen molar-refractivity contribution < 1.29 is 18.0 Å². The van der Waals surface area contributed by atoms with Crippen LogP contribution in [-0.4, -0.2) is 30.4 Å². The third-order valence-electron chi connectivity index (χ3n) is 3.39. The number of hydrogen-bond acceptors (Lipinski definition) is 2. The van der Waals surface area contributed by atoms with E-state index in [0.29, 0.717) is 18.7 Å². The second-order valence-electron chi connectivity index (χ2n) is 4.79. The monoisotopic (exact) mass is 302 g/mol. The van der Waals surface area contributed by atoms with Crippen LogP contribution in [0.25, 0.3) is 0 Å². The minimum Gasteiger partial charge on any atom is -0.342 e. The number of halogens is 3. The number of likely N-dealkylation sites (N-methyl/N-ethyl adjacent to an activating group) is 1. The zero-order valence-electron chi connectivity index (χ0n) is 12.5. The highest BCUT2D eigenvalue weighted by Gasteiger charge is 2.30. The van der Waals surface area contributed by atoms with Crippen molar-refractivity contribution in [2.24, 2.45) is 0 Å². The third-order valence-corrected chi connectivity index (χ3v) is 3.39. The number of carbonyl (C=O) groups excluding carboxylic acids is 1. The van der Waals surface area contributed by atoms with E-state index < -0.39 is 11.7 Å². The van der Waals surface area contributed by atoms with Crippen LogP contribution in [0.15, 0.2) is 24.3 Å². The zero-order chi connectivity index (χ0) is 16.0. The third kappa shape index (κ3) is 5.04. The van der Waals surface area contributed by atoms with Crippen LogP contribution in [-0.2, 0) is 11.0 Å². The van der Waals surface area contributed by atoms with Crippen LogP contribution < -0.4 is 5.32 Å². The molecule has 0 aliphatic heterocycles. The van der Waals surface area contributed by atoms with Gasteiger partial charge in [0.2, 0.25) is 5.91 Å². The molecule has 21 heavy (non-hydrogen) atoms. The summed E-state index contributed by atoms with van der Waals surface area (Å²) in [5.41, 5.74) is -0.166. The van der Waals surface area contributed by atoms with Crippen LogP contribution in [0, 0.1) is 0 Å². The number of nitrogens with one attached hydrogen (secondary N) is 1. The molecule has 0 bridgehead atoms. The largest absolute Gasteiger partial charge is 0.416 e. The van der Waals surface area contributed by atoms with Crippen molar-refractivity contribution in [3.8, 4) is 0 Å². The number of carbonyl (C=O) groups is 1. The van der Waals surface area contributed by atoms with E-state index in [1.165, 1.54) is 6.07 Å². The van der Waals surface area contributed by atoms with Gasteiger partial charge in [-0.3, -0.25) is 4.79 Å². The molecule has 0 aliphatic rings. The second-order valence-corrected chi connectivity index (χ2v) is 4.79. The normalized spacial score (nSPS) is 13.0. The van der Waals surface area contributed by atoms with Gasteiger partial charge in [-0.05, 0) is 38.5 Å². The van der Waals surface area contributed by atoms with Gasteiger partial charge in [0.05, 0.1) is 12.1 Å². The Morgan fingerprint density at radius 2 is 1.90 bits per heavy atom. The summed E-state index contributed by atoms with van der Waals surface area (Å²) in [4.78, 5) is 13.5. The summed E-state index contributed by atoms with van der Waals surface area (Å²) >= 11 is 0. The predicted octanol–water partition coefficient (Wildman–Crippen LogP) is 3.22. The molecule has 1 N–H and O–H groups in total. The molecule has 1 aromatic carbocycles. The van der Waals surface area contributed by atoms with Gasteiger partial charge in [-0.15, -0.1) is 0 Å². The zero-order valence-corrected chi connectivity index (χ0v) is 12.5. The van der Waals surface area contributed by atoms with Gasteiger partial charge >= 0.3 is 6.18 Å². The molecule has 3 nitrogen and oxygen atoms in total. The van der Waals surface area contributed by atoms with Gasteiger partial charge in [0, 0.05) is 19.1 Å². The van der Waals surface area contributed by atoms with Crippen molar-refractivity contribution in [3.63, 3.8) is 0 Å². The van der Waals surface area contributed by atoms with Crippen molar-refractivity contribution in [2.75, 3.05) is 19.6 Å². The summed E-state index contributed by atoms with van der Waals surface area (Å²) in [7, 11) is 0. The molecular formula is C15H21F3N2O. The van der Waals surface area contributed by atoms with E-state index in [2.05, 4.69) is 5.32 Å². The van der Waals surface area contributed by atoms with Gasteiger partial charge < -0.3 is 10.2 Å². The molecule has 0 saturated carbocycles. The molecule has 0 fully saturated rings. The molecule has 0 aromatic heterocycles. The van der Waals surface area contributed by atoms with E-state index in [-0.39, 0.29) is 18.5 Å². The highest BCUT2D eigenvalue weighted by molar-refractivity contribution is 5.78. The molecular weight excluding hydrogens is 281 g/mol. The number of benzene rings is 1. The lowest BCUT2D eigenvalue weighted by atomic mass is 10.0. The quantitative estimate of drug-likeness (QED) is 0.875. The first-order valence-electron chi connectivity index (χ1n) is 6.97. The lowest BCUT2D eigenvalue weighted by Crippen LogP contribution is -2.38. The Labute approximate surface area is 123 Å². The van der Waals surface area contributed by atoms with E-state index in [1.54, 1.807) is 17.9 Å². The fourth-order valence-corrected chi connectivity index (χ4v) is 2.03. The summed E-state index contributed by atoms with van der Waals surface area (Å²) in [5, 5.41) is 2.97. The van der Waals surface area contributed by atoms with Crippen LogP contribution in [0.4, 0.5) is 13.2 Å². The maximum Gasteiger partial charge on any atom is 0.416 e. The molecule has 6 heteroatoms. The van der Waals surface area contributed by atoms with Crippen LogP contribution in [0.2, 0.25) is 0 Å². The summed E-state index contributed by atoms with van der Waals surface area (Å²) < 4.78 is 38.0. The Morgan fingerprint density at radius 1 is 1.29 bits per heavy atom. The van der Waals surface area contributed by atoms with Crippen LogP contribution >= 0.6 is 0 Å². The molecule has 0 saturated heterocycles. The fraction of sp³-hybridized carbons (Fsp3) is 0.533. The molecule has 1 unspecified atom stereocenters. The highest BCUT2D eigenvalue weighted by Crippen LogP contribution is 2.30. The summed E-state index contributed by atoms with van der Waals surface area (Å²) in [6, 6.07) is 4.82. The fourth-order valence-electron chi connectivity index (χ4n) is 2.03. The van der Waals surface area contributed by atoms with Crippen molar-refractivity contribution in [2.45, 2.75) is 33.0 Å². The summed E-state index contributed by atoms with van der Waals surface area (Å²) in [6.07, 6.45) is -4.35. The summed E-state index contributed by atoms with van der Waals surface area (Å²) in [6.45, 7) is 6.86. The Morgan fingerprint density at radius 3 is 2.43 bits per heavy atom. The molecule has 1 rings (SSSR count). The maximum atomic E-state index is 12.7. The Balaban J connectivity index is 2.68. The molecule has 1 atom stereocenters. The number of amides is 1. The van der Waals surface area contributed by atoms with E-state index in [1.807, 2.05) is 13.8 Å². The topological polar surface area (TPSA) is 32.3 Å². The van der Waals surface area contributed by atoms with Gasteiger partial charge in [0.15, 0.2) is 0 Å². The molecule has 0 heterocycles. The summed E-state index contributed by atoms with van der Waals surface area (Å²) in [5.74, 6) is -0.0566. The SMILES string of the molecule is CCN(CC)C(=O)CNC(C)c1cccc(C(F)(F)F)c1. The van der Waals surface area contributed by atoms with E-state index in [9.17, 15) is 18.0 Å². The molecule has 1 amide bonds. The average Bonchev–Trinajstić information content (AvgIpc) is 2.45. The van der Waals surface area contributed by atoms with Gasteiger partial charge in [0.1, 0.15) is 0 Å². The maximum absolute atomic E-state index is 12.7. The van der Waals surface area contributed by atoms with Crippen molar-refractivity contribution in [3.05, 3.63) is 35.4 Å². The molecule has 0 aliphatic carbocycles. The van der Waals surface area contributed by atoms with Crippen LogP contribution in [0.1, 0.15) is 37.9 Å². The minimum absolute atomic E-state index is 0.0566. The Bertz CT molecular complexity index is 470. The van der Waals surface area contributed by atoms with Gasteiger partial charge in [-0.25, -0.2) is 0 Å². The van der Waals surface area contributed by atoms with E-state index >= 15 is 0 Å². The Kier molecular flexibility index (Phi) is 6.20. The molecule has 0 spiro atoms. The number of hydrogen-bond donors (Lipinski definition) is 1. The van der Waals surface area contributed by atoms with Crippen molar-refractivity contribution in [1.29, 1.82) is 0 Å². The van der Waals surface area contributed by atoms with Crippen molar-refractivity contribution in [1.82, 2.24) is 10.2 Å². The van der Waals surface area contributed by atoms with Crippen molar-refractivity contribution >= 4 is 5.91 Å². The van der Waals surface area contributed by atoms with Gasteiger partial charge in [0.25, 0.3) is 0 Å². The Hall–Kier alpha value is -1.56. The number of alkyl halides is 3. The first-order valence-corrected chi connectivity index (χ1v) is 6.97. The number of nitrogens with zero attached hydrogens (tertiary/aromatic N) is 1. The minimum atomic E-state index is -4.35. The predicted molar refractivity (Wildman–Crippen MR) is 75.8 cm³/mol. The lowest BCUT2D eigenvalue weighted by Gasteiger charge is -2.21. The first kappa shape index (κ1) is 17.5. The smallest absolute Gasteiger partial charge is 0.342 e. The van der Waals surface area contributed by atoms with Crippen LogP contribution in [0.3, 0.4) is 0 Å². The van der Waals surface area contributed by atoms with Gasteiger partial charge in [-0.2, -0.15) is 13.2 Å². The molecule has 1 aromatic rings. The molecule has 118 valence electrons. The first-order chi connectivity index (χ1) is 9.79. The average molecular weight is 302 g/mol. The molecule has 0 radical (unpaired) electrons. The van der Waals surface area contributed by atoms with Crippen LogP contribution in [0.5, 0.6) is 0 Å². The lowest BCUT2D eigenvalue weighted by molar-refractivity contribution is -0.137. The second kappa shape index (κ2) is 7.45. The van der Waals surface area contributed by atoms with E-state index in [0.717, 1.165) is 12.1 Å². The highest BCUT2D eigenvalue weighted by atomic mass is 19.4. The van der Waals surface area contributed by atoms with Gasteiger partial charge in [-0.1, -0.05) is 12.1 Å². The number of rotatable bonds is 6. The van der Waals surface area contributed by atoms with E-state index in [4.69, 9.17) is 0 Å².